The van der Waals surface area contributed by atoms with E-state index in [1.54, 1.807) is 0 Å². The molecule has 1 aliphatic rings. The van der Waals surface area contributed by atoms with Gasteiger partial charge in [0.05, 0.1) is 0 Å². The highest BCUT2D eigenvalue weighted by Gasteiger charge is 2.14. The zero-order chi connectivity index (χ0) is 13.2. The summed E-state index contributed by atoms with van der Waals surface area (Å²) in [5.74, 6) is -0.511. The van der Waals surface area contributed by atoms with Gasteiger partial charge in [0.25, 0.3) is 0 Å². The number of oxazole rings is 1. The van der Waals surface area contributed by atoms with Crippen LogP contribution in [0.5, 0.6) is 11.8 Å². The molecule has 0 saturated carbocycles. The van der Waals surface area contributed by atoms with E-state index in [-0.39, 0.29) is 11.8 Å². The van der Waals surface area contributed by atoms with Crippen LogP contribution < -0.4 is 4.74 Å². The molecule has 0 saturated heterocycles. The zero-order valence-corrected chi connectivity index (χ0v) is 10.3. The molecule has 0 bridgehead atoms. The van der Waals surface area contributed by atoms with Crippen molar-refractivity contribution in [3.8, 4) is 11.8 Å². The van der Waals surface area contributed by atoms with Gasteiger partial charge < -0.3 is 14.3 Å². The fourth-order valence-electron chi connectivity index (χ4n) is 2.28. The number of carboxylic acids is 1. The Kier molecular flexibility index (Phi) is 2.95. The lowest BCUT2D eigenvalue weighted by Gasteiger charge is -2.15. The molecule has 1 aliphatic carbocycles. The van der Waals surface area contributed by atoms with Crippen molar-refractivity contribution in [2.75, 3.05) is 0 Å². The molecule has 2 aromatic rings. The van der Waals surface area contributed by atoms with E-state index in [0.29, 0.717) is 5.75 Å². The summed E-state index contributed by atoms with van der Waals surface area (Å²) in [6, 6.07) is 5.87. The van der Waals surface area contributed by atoms with Crippen molar-refractivity contribution in [3.05, 3.63) is 41.3 Å². The van der Waals surface area contributed by atoms with Crippen LogP contribution in [0.4, 0.5) is 0 Å². The number of aromatic carboxylic acids is 1. The molecule has 19 heavy (non-hydrogen) atoms. The fourth-order valence-corrected chi connectivity index (χ4v) is 2.28. The van der Waals surface area contributed by atoms with Gasteiger partial charge in [0, 0.05) is 0 Å². The summed E-state index contributed by atoms with van der Waals surface area (Å²) in [4.78, 5) is 14.4. The van der Waals surface area contributed by atoms with Gasteiger partial charge in [-0.05, 0) is 48.9 Å². The van der Waals surface area contributed by atoms with E-state index in [1.165, 1.54) is 24.0 Å². The van der Waals surface area contributed by atoms with Gasteiger partial charge in [-0.2, -0.15) is 4.98 Å². The van der Waals surface area contributed by atoms with Gasteiger partial charge in [-0.15, -0.1) is 0 Å². The molecule has 0 spiro atoms. The van der Waals surface area contributed by atoms with Crippen LogP contribution in [0.3, 0.4) is 0 Å². The molecule has 0 fully saturated rings. The number of rotatable bonds is 3. The molecular weight excluding hydrogens is 246 g/mol. The first-order chi connectivity index (χ1) is 9.22. The van der Waals surface area contributed by atoms with Gasteiger partial charge in [-0.25, -0.2) is 4.79 Å². The largest absolute Gasteiger partial charge is 0.476 e. The summed E-state index contributed by atoms with van der Waals surface area (Å²) < 4.78 is 10.4. The van der Waals surface area contributed by atoms with Crippen molar-refractivity contribution in [1.29, 1.82) is 0 Å². The molecule has 0 unspecified atom stereocenters. The van der Waals surface area contributed by atoms with Gasteiger partial charge in [0.15, 0.2) is 5.69 Å². The molecular formula is C14H13NO4. The maximum absolute atomic E-state index is 10.7. The lowest BCUT2D eigenvalue weighted by atomic mass is 9.92. The van der Waals surface area contributed by atoms with Crippen molar-refractivity contribution in [3.63, 3.8) is 0 Å². The van der Waals surface area contributed by atoms with Crippen LogP contribution in [-0.4, -0.2) is 16.1 Å². The Morgan fingerprint density at radius 2 is 2.05 bits per heavy atom. The first-order valence-corrected chi connectivity index (χ1v) is 6.21. The van der Waals surface area contributed by atoms with Crippen LogP contribution in [0.15, 0.2) is 28.9 Å². The fraction of sp³-hybridized carbons (Fsp3) is 0.286. The number of ether oxygens (including phenoxy) is 1. The van der Waals surface area contributed by atoms with Crippen LogP contribution in [0.2, 0.25) is 0 Å². The SMILES string of the molecule is O=C(O)c1coc(Oc2ccc3c(c2)CCCC3)n1. The molecule has 1 N–H and O–H groups in total. The predicted molar refractivity (Wildman–Crippen MR) is 66.6 cm³/mol. The summed E-state index contributed by atoms with van der Waals surface area (Å²) >= 11 is 0. The first kappa shape index (κ1) is 11.8. The average Bonchev–Trinajstić information content (AvgIpc) is 2.87. The quantitative estimate of drug-likeness (QED) is 0.917. The van der Waals surface area contributed by atoms with Crippen molar-refractivity contribution in [2.45, 2.75) is 25.7 Å². The van der Waals surface area contributed by atoms with Crippen molar-refractivity contribution < 1.29 is 19.1 Å². The van der Waals surface area contributed by atoms with Crippen LogP contribution in [-0.2, 0) is 12.8 Å². The lowest BCUT2D eigenvalue weighted by molar-refractivity contribution is 0.0690. The van der Waals surface area contributed by atoms with Crippen LogP contribution >= 0.6 is 0 Å². The third kappa shape index (κ3) is 2.45. The summed E-state index contributed by atoms with van der Waals surface area (Å²) in [5, 5.41) is 8.74. The minimum absolute atomic E-state index is 0.0480. The van der Waals surface area contributed by atoms with Crippen molar-refractivity contribution in [2.24, 2.45) is 0 Å². The minimum atomic E-state index is -1.14. The first-order valence-electron chi connectivity index (χ1n) is 6.21. The topological polar surface area (TPSA) is 72.6 Å². The lowest BCUT2D eigenvalue weighted by Crippen LogP contribution is -2.02. The number of benzene rings is 1. The Hall–Kier alpha value is -2.30. The average molecular weight is 259 g/mol. The van der Waals surface area contributed by atoms with Gasteiger partial charge in [-0.1, -0.05) is 6.07 Å². The standard InChI is InChI=1S/C14H13NO4/c16-13(17)12-8-18-14(15-12)19-11-6-5-9-3-1-2-4-10(9)7-11/h5-8H,1-4H2,(H,16,17). The minimum Gasteiger partial charge on any atom is -0.476 e. The number of nitrogens with zero attached hydrogens (tertiary/aromatic N) is 1. The van der Waals surface area contributed by atoms with E-state index in [4.69, 9.17) is 14.3 Å². The van der Waals surface area contributed by atoms with Gasteiger partial charge in [0.1, 0.15) is 12.0 Å². The highest BCUT2D eigenvalue weighted by atomic mass is 16.6. The monoisotopic (exact) mass is 259 g/mol. The molecule has 5 heteroatoms. The molecule has 1 aromatic carbocycles. The molecule has 3 rings (SSSR count). The van der Waals surface area contributed by atoms with Crippen LogP contribution in [0.1, 0.15) is 34.5 Å². The molecule has 0 radical (unpaired) electrons. The summed E-state index contributed by atoms with van der Waals surface area (Å²) in [6.45, 7) is 0. The summed E-state index contributed by atoms with van der Waals surface area (Å²) in [6.07, 6.45) is 5.60. The van der Waals surface area contributed by atoms with E-state index in [2.05, 4.69) is 4.98 Å². The third-order valence-corrected chi connectivity index (χ3v) is 3.23. The number of fused-ring (bicyclic) bond motifs is 1. The molecule has 5 nitrogen and oxygen atoms in total. The Labute approximate surface area is 109 Å². The highest BCUT2D eigenvalue weighted by molar-refractivity contribution is 5.84. The number of carboxylic acid groups (broad SMARTS) is 1. The van der Waals surface area contributed by atoms with E-state index in [0.717, 1.165) is 19.1 Å². The summed E-state index contributed by atoms with van der Waals surface area (Å²) in [5.41, 5.74) is 2.49. The smallest absolute Gasteiger partial charge is 0.399 e. The van der Waals surface area contributed by atoms with Gasteiger partial charge in [-0.3, -0.25) is 0 Å². The number of hydrogen-bond acceptors (Lipinski definition) is 4. The number of carbonyl (C=O) groups is 1. The van der Waals surface area contributed by atoms with Crippen molar-refractivity contribution in [1.82, 2.24) is 4.98 Å². The zero-order valence-electron chi connectivity index (χ0n) is 10.3. The Morgan fingerprint density at radius 3 is 2.79 bits per heavy atom. The Morgan fingerprint density at radius 1 is 1.26 bits per heavy atom. The van der Waals surface area contributed by atoms with Gasteiger partial charge >= 0.3 is 12.0 Å². The molecule has 1 aromatic heterocycles. The van der Waals surface area contributed by atoms with E-state index >= 15 is 0 Å². The number of hydrogen-bond donors (Lipinski definition) is 1. The summed E-state index contributed by atoms with van der Waals surface area (Å²) in [7, 11) is 0. The van der Waals surface area contributed by atoms with Crippen LogP contribution in [0, 0.1) is 0 Å². The predicted octanol–water partition coefficient (Wildman–Crippen LogP) is 3.04. The molecule has 0 aliphatic heterocycles. The molecule has 0 atom stereocenters. The normalized spacial score (nSPS) is 13.9. The second-order valence-electron chi connectivity index (χ2n) is 4.54. The molecule has 1 heterocycles. The number of aromatic nitrogens is 1. The molecule has 98 valence electrons. The van der Waals surface area contributed by atoms with Crippen LogP contribution in [0.25, 0.3) is 0 Å². The second kappa shape index (κ2) is 4.76. The van der Waals surface area contributed by atoms with E-state index in [9.17, 15) is 4.79 Å². The Balaban J connectivity index is 1.80. The van der Waals surface area contributed by atoms with Gasteiger partial charge in [0.2, 0.25) is 0 Å². The van der Waals surface area contributed by atoms with E-state index in [1.807, 2.05) is 18.2 Å². The Bertz CT molecular complexity index is 618. The van der Waals surface area contributed by atoms with Crippen molar-refractivity contribution >= 4 is 5.97 Å². The molecule has 0 amide bonds. The highest BCUT2D eigenvalue weighted by Crippen LogP contribution is 2.28. The number of aryl methyl sites for hydroxylation is 2. The van der Waals surface area contributed by atoms with E-state index < -0.39 is 5.97 Å². The second-order valence-corrected chi connectivity index (χ2v) is 4.54. The third-order valence-electron chi connectivity index (χ3n) is 3.23. The maximum Gasteiger partial charge on any atom is 0.399 e. The maximum atomic E-state index is 10.7.